The molecule has 0 radical (unpaired) electrons. The van der Waals surface area contributed by atoms with Crippen LogP contribution in [0.2, 0.25) is 0 Å². The Kier molecular flexibility index (Phi) is 2.85. The number of benzene rings is 1. The normalized spacial score (nSPS) is 11.3. The van der Waals surface area contributed by atoms with Gasteiger partial charge in [-0.2, -0.15) is 0 Å². The van der Waals surface area contributed by atoms with E-state index in [4.69, 9.17) is 0 Å². The maximum atomic E-state index is 12.4. The van der Waals surface area contributed by atoms with E-state index >= 15 is 0 Å². The molecule has 0 saturated carbocycles. The number of alkyl halides is 1. The third kappa shape index (κ3) is 2.03. The van der Waals surface area contributed by atoms with Gasteiger partial charge in [0.25, 0.3) is 0 Å². The fraction of sp³-hybridized carbons (Fsp3) is 0.267. The van der Waals surface area contributed by atoms with Crippen LogP contribution in [-0.2, 0) is 0 Å². The smallest absolute Gasteiger partial charge is 0.139 e. The Balaban J connectivity index is 2.15. The molecule has 19 heavy (non-hydrogen) atoms. The molecule has 0 bridgehead atoms. The first-order valence-corrected chi connectivity index (χ1v) is 6.34. The van der Waals surface area contributed by atoms with Crippen molar-refractivity contribution in [3.05, 3.63) is 42.1 Å². The van der Waals surface area contributed by atoms with Crippen molar-refractivity contribution in [2.24, 2.45) is 0 Å². The Bertz CT molecular complexity index is 733. The summed E-state index contributed by atoms with van der Waals surface area (Å²) in [5.41, 5.74) is 5.16. The zero-order chi connectivity index (χ0) is 13.4. The van der Waals surface area contributed by atoms with Gasteiger partial charge in [0.1, 0.15) is 12.3 Å². The minimum Gasteiger partial charge on any atom is -0.372 e. The maximum Gasteiger partial charge on any atom is 0.139 e. The number of rotatable bonds is 3. The highest BCUT2D eigenvalue weighted by Gasteiger charge is 2.07. The van der Waals surface area contributed by atoms with E-state index in [1.807, 2.05) is 30.3 Å². The predicted octanol–water partition coefficient (Wildman–Crippen LogP) is 3.20. The highest BCUT2D eigenvalue weighted by atomic mass is 19.1. The van der Waals surface area contributed by atoms with Crippen LogP contribution < -0.4 is 4.90 Å². The van der Waals surface area contributed by atoms with Gasteiger partial charge in [-0.05, 0) is 30.7 Å². The van der Waals surface area contributed by atoms with Crippen LogP contribution in [-0.4, -0.2) is 29.7 Å². The number of nitrogens with zero attached hydrogens (tertiary/aromatic N) is 3. The zero-order valence-corrected chi connectivity index (χ0v) is 11.1. The first-order valence-electron chi connectivity index (χ1n) is 6.34. The number of aryl methyl sites for hydroxylation is 1. The summed E-state index contributed by atoms with van der Waals surface area (Å²) in [6, 6.07) is 10.2. The molecule has 3 nitrogen and oxygen atoms in total. The first-order chi connectivity index (χ1) is 9.19. The minimum atomic E-state index is -0.350. The van der Waals surface area contributed by atoms with E-state index in [0.29, 0.717) is 6.54 Å². The van der Waals surface area contributed by atoms with E-state index in [-0.39, 0.29) is 6.67 Å². The van der Waals surface area contributed by atoms with Gasteiger partial charge in [-0.1, -0.05) is 6.07 Å². The molecule has 2 heterocycles. The topological polar surface area (TPSA) is 20.5 Å². The molecule has 0 amide bonds. The van der Waals surface area contributed by atoms with Crippen molar-refractivity contribution in [1.29, 1.82) is 0 Å². The second-order valence-corrected chi connectivity index (χ2v) is 4.83. The monoisotopic (exact) mass is 257 g/mol. The minimum absolute atomic E-state index is 0.350. The van der Waals surface area contributed by atoms with Crippen LogP contribution >= 0.6 is 0 Å². The summed E-state index contributed by atoms with van der Waals surface area (Å²) in [6.45, 7) is 2.11. The van der Waals surface area contributed by atoms with Gasteiger partial charge in [-0.15, -0.1) is 0 Å². The Morgan fingerprint density at radius 2 is 2.11 bits per heavy atom. The number of hydrogen-bond donors (Lipinski definition) is 0. The van der Waals surface area contributed by atoms with Crippen LogP contribution in [0.3, 0.4) is 0 Å². The first kappa shape index (κ1) is 12.0. The predicted molar refractivity (Wildman–Crippen MR) is 76.7 cm³/mol. The maximum absolute atomic E-state index is 12.4. The summed E-state index contributed by atoms with van der Waals surface area (Å²) in [5.74, 6) is 0. The van der Waals surface area contributed by atoms with Crippen LogP contribution in [0, 0.1) is 6.92 Å². The molecule has 0 aliphatic heterocycles. The highest BCUT2D eigenvalue weighted by Crippen LogP contribution is 2.21. The van der Waals surface area contributed by atoms with Gasteiger partial charge in [0.15, 0.2) is 0 Å². The van der Waals surface area contributed by atoms with Crippen LogP contribution in [0.1, 0.15) is 5.56 Å². The molecule has 4 heteroatoms. The lowest BCUT2D eigenvalue weighted by atomic mass is 10.2. The van der Waals surface area contributed by atoms with Gasteiger partial charge in [-0.25, -0.2) is 9.37 Å². The van der Waals surface area contributed by atoms with Crippen molar-refractivity contribution in [1.82, 2.24) is 9.38 Å². The highest BCUT2D eigenvalue weighted by molar-refractivity contribution is 5.82. The van der Waals surface area contributed by atoms with E-state index < -0.39 is 0 Å². The molecular formula is C15H16FN3. The van der Waals surface area contributed by atoms with Gasteiger partial charge in [0.05, 0.1) is 11.0 Å². The molecule has 0 fully saturated rings. The fourth-order valence-corrected chi connectivity index (χ4v) is 2.31. The van der Waals surface area contributed by atoms with Gasteiger partial charge in [0.2, 0.25) is 0 Å². The number of fused-ring (bicyclic) bond motifs is 3. The van der Waals surface area contributed by atoms with E-state index in [0.717, 1.165) is 22.4 Å². The summed E-state index contributed by atoms with van der Waals surface area (Å²) in [5, 5.41) is 0. The molecule has 0 atom stereocenters. The summed E-state index contributed by atoms with van der Waals surface area (Å²) in [4.78, 5) is 6.52. The van der Waals surface area contributed by atoms with E-state index in [9.17, 15) is 4.39 Å². The van der Waals surface area contributed by atoms with Gasteiger partial charge in [-0.3, -0.25) is 4.40 Å². The molecule has 0 spiro atoms. The molecule has 3 rings (SSSR count). The lowest BCUT2D eigenvalue weighted by Gasteiger charge is -2.17. The molecule has 0 unspecified atom stereocenters. The van der Waals surface area contributed by atoms with E-state index in [1.54, 1.807) is 0 Å². The van der Waals surface area contributed by atoms with Crippen LogP contribution in [0.5, 0.6) is 0 Å². The van der Waals surface area contributed by atoms with Crippen molar-refractivity contribution in [2.45, 2.75) is 6.92 Å². The molecule has 98 valence electrons. The Labute approximate surface area is 111 Å². The number of pyridine rings is 1. The number of halogens is 1. The summed E-state index contributed by atoms with van der Waals surface area (Å²) in [6.07, 6.45) is 1.99. The Morgan fingerprint density at radius 3 is 2.89 bits per heavy atom. The van der Waals surface area contributed by atoms with Crippen molar-refractivity contribution in [3.8, 4) is 0 Å². The van der Waals surface area contributed by atoms with Crippen LogP contribution in [0.15, 0.2) is 36.5 Å². The number of hydrogen-bond acceptors (Lipinski definition) is 2. The van der Waals surface area contributed by atoms with Gasteiger partial charge < -0.3 is 4.90 Å². The van der Waals surface area contributed by atoms with Crippen molar-refractivity contribution >= 4 is 22.4 Å². The molecule has 0 saturated heterocycles. The standard InChI is InChI=1S/C15H16FN3/c1-11-3-4-14-13(9-11)17-15-10-12(5-7-19(14)15)18(2)8-6-16/h3-5,7,9-10H,6,8H2,1-2H3. The molecule has 0 N–H and O–H groups in total. The fourth-order valence-electron chi connectivity index (χ4n) is 2.31. The SMILES string of the molecule is Cc1ccc2c(c1)nc1cc(N(C)CCF)ccn12. The van der Waals surface area contributed by atoms with Gasteiger partial charge in [0, 0.05) is 31.5 Å². The average molecular weight is 257 g/mol. The molecular weight excluding hydrogens is 241 g/mol. The number of anilines is 1. The summed E-state index contributed by atoms with van der Waals surface area (Å²) < 4.78 is 14.4. The molecule has 3 aromatic rings. The Morgan fingerprint density at radius 1 is 1.26 bits per heavy atom. The third-order valence-corrected chi connectivity index (χ3v) is 3.40. The summed E-state index contributed by atoms with van der Waals surface area (Å²) in [7, 11) is 1.89. The van der Waals surface area contributed by atoms with Crippen LogP contribution in [0.4, 0.5) is 10.1 Å². The third-order valence-electron chi connectivity index (χ3n) is 3.40. The lowest BCUT2D eigenvalue weighted by Crippen LogP contribution is -2.19. The average Bonchev–Trinajstić information content (AvgIpc) is 2.75. The van der Waals surface area contributed by atoms with E-state index in [2.05, 4.69) is 34.5 Å². The van der Waals surface area contributed by atoms with Crippen molar-refractivity contribution < 1.29 is 4.39 Å². The number of imidazole rings is 1. The molecule has 0 aliphatic carbocycles. The zero-order valence-electron chi connectivity index (χ0n) is 11.1. The second-order valence-electron chi connectivity index (χ2n) is 4.83. The second kappa shape index (κ2) is 4.53. The lowest BCUT2D eigenvalue weighted by molar-refractivity contribution is 0.497. The van der Waals surface area contributed by atoms with E-state index in [1.165, 1.54) is 5.56 Å². The van der Waals surface area contributed by atoms with Crippen molar-refractivity contribution in [2.75, 3.05) is 25.2 Å². The number of aromatic nitrogens is 2. The van der Waals surface area contributed by atoms with Gasteiger partial charge >= 0.3 is 0 Å². The molecule has 2 aromatic heterocycles. The molecule has 1 aromatic carbocycles. The van der Waals surface area contributed by atoms with Crippen LogP contribution in [0.25, 0.3) is 16.7 Å². The Hall–Kier alpha value is -2.10. The van der Waals surface area contributed by atoms with Crippen molar-refractivity contribution in [3.63, 3.8) is 0 Å². The summed E-state index contributed by atoms with van der Waals surface area (Å²) >= 11 is 0. The molecule has 0 aliphatic rings. The largest absolute Gasteiger partial charge is 0.372 e. The quantitative estimate of drug-likeness (QED) is 0.718.